The van der Waals surface area contributed by atoms with Crippen LogP contribution >= 0.6 is 11.8 Å². The predicted molar refractivity (Wildman–Crippen MR) is 94.2 cm³/mol. The quantitative estimate of drug-likeness (QED) is 0.505. The third-order valence-electron chi connectivity index (χ3n) is 3.40. The summed E-state index contributed by atoms with van der Waals surface area (Å²) in [5.74, 6) is 1.69. The van der Waals surface area contributed by atoms with Crippen LogP contribution < -0.4 is 0 Å². The number of aromatic nitrogens is 4. The number of pyridine rings is 1. The van der Waals surface area contributed by atoms with Gasteiger partial charge in [-0.25, -0.2) is 0 Å². The molecule has 0 saturated carbocycles. The topological polar surface area (TPSA) is 43.6 Å². The Balaban J connectivity index is 1.88. The van der Waals surface area contributed by atoms with Crippen LogP contribution in [-0.2, 0) is 12.3 Å². The fourth-order valence-corrected chi connectivity index (χ4v) is 3.20. The Kier molecular flexibility index (Phi) is 4.88. The van der Waals surface area contributed by atoms with Gasteiger partial charge in [-0.05, 0) is 24.6 Å². The van der Waals surface area contributed by atoms with E-state index in [2.05, 4.69) is 57.5 Å². The molecule has 0 atom stereocenters. The second-order valence-corrected chi connectivity index (χ2v) is 6.17. The van der Waals surface area contributed by atoms with E-state index in [1.165, 1.54) is 11.1 Å². The van der Waals surface area contributed by atoms with Crippen molar-refractivity contribution in [1.82, 2.24) is 19.7 Å². The highest BCUT2D eigenvalue weighted by molar-refractivity contribution is 7.98. The first-order valence-corrected chi connectivity index (χ1v) is 8.39. The summed E-state index contributed by atoms with van der Waals surface area (Å²) in [6.45, 7) is 6.62. The molecule has 1 aromatic carbocycles. The first kappa shape index (κ1) is 15.5. The van der Waals surface area contributed by atoms with Gasteiger partial charge < -0.3 is 0 Å². The molecular formula is C18H18N4S. The fourth-order valence-electron chi connectivity index (χ4n) is 2.32. The van der Waals surface area contributed by atoms with Crippen LogP contribution in [0.5, 0.6) is 0 Å². The summed E-state index contributed by atoms with van der Waals surface area (Å²) in [7, 11) is 0. The van der Waals surface area contributed by atoms with E-state index in [1.54, 1.807) is 18.0 Å². The Morgan fingerprint density at radius 3 is 2.87 bits per heavy atom. The molecule has 23 heavy (non-hydrogen) atoms. The Morgan fingerprint density at radius 1 is 1.22 bits per heavy atom. The lowest BCUT2D eigenvalue weighted by Crippen LogP contribution is -2.00. The average molecular weight is 322 g/mol. The Labute approximate surface area is 140 Å². The van der Waals surface area contributed by atoms with Crippen molar-refractivity contribution in [2.75, 3.05) is 0 Å². The third kappa shape index (κ3) is 3.68. The normalized spacial score (nSPS) is 10.7. The molecule has 116 valence electrons. The largest absolute Gasteiger partial charge is 0.298 e. The second-order valence-electron chi connectivity index (χ2n) is 5.22. The lowest BCUT2D eigenvalue weighted by atomic mass is 10.1. The summed E-state index contributed by atoms with van der Waals surface area (Å²) < 4.78 is 2.10. The van der Waals surface area contributed by atoms with Crippen LogP contribution in [-0.4, -0.2) is 19.7 Å². The van der Waals surface area contributed by atoms with Crippen LogP contribution in [0.1, 0.15) is 11.1 Å². The van der Waals surface area contributed by atoms with Gasteiger partial charge in [0.15, 0.2) is 11.0 Å². The summed E-state index contributed by atoms with van der Waals surface area (Å²) >= 11 is 1.66. The minimum absolute atomic E-state index is 0.686. The molecule has 5 heteroatoms. The molecule has 0 saturated heterocycles. The highest BCUT2D eigenvalue weighted by atomic mass is 32.2. The van der Waals surface area contributed by atoms with Crippen molar-refractivity contribution in [1.29, 1.82) is 0 Å². The number of hydrogen-bond donors (Lipinski definition) is 0. The molecule has 0 bridgehead atoms. The maximum atomic E-state index is 4.39. The lowest BCUT2D eigenvalue weighted by Gasteiger charge is -2.08. The van der Waals surface area contributed by atoms with Crippen LogP contribution in [0.25, 0.3) is 11.4 Å². The molecule has 0 aliphatic carbocycles. The molecule has 4 nitrogen and oxygen atoms in total. The van der Waals surface area contributed by atoms with Gasteiger partial charge in [-0.1, -0.05) is 47.7 Å². The summed E-state index contributed by atoms with van der Waals surface area (Å²) in [5.41, 5.74) is 3.45. The molecule has 0 amide bonds. The second kappa shape index (κ2) is 7.24. The van der Waals surface area contributed by atoms with E-state index in [4.69, 9.17) is 0 Å². The Bertz CT molecular complexity index is 796. The van der Waals surface area contributed by atoms with Crippen molar-refractivity contribution in [3.63, 3.8) is 0 Å². The van der Waals surface area contributed by atoms with E-state index in [0.717, 1.165) is 22.3 Å². The third-order valence-corrected chi connectivity index (χ3v) is 4.43. The zero-order valence-corrected chi connectivity index (χ0v) is 13.8. The van der Waals surface area contributed by atoms with E-state index >= 15 is 0 Å². The molecule has 0 aliphatic heterocycles. The van der Waals surface area contributed by atoms with Crippen LogP contribution in [0.2, 0.25) is 0 Å². The lowest BCUT2D eigenvalue weighted by molar-refractivity contribution is 0.731. The minimum atomic E-state index is 0.686. The van der Waals surface area contributed by atoms with Crippen LogP contribution in [0.3, 0.4) is 0 Å². The molecule has 0 unspecified atom stereocenters. The fraction of sp³-hybridized carbons (Fsp3) is 0.167. The number of benzene rings is 1. The van der Waals surface area contributed by atoms with E-state index in [0.29, 0.717) is 6.54 Å². The molecule has 2 aromatic heterocycles. The Morgan fingerprint density at radius 2 is 2.13 bits per heavy atom. The average Bonchev–Trinajstić information content (AvgIpc) is 2.97. The summed E-state index contributed by atoms with van der Waals surface area (Å²) in [4.78, 5) is 4.15. The number of rotatable bonds is 6. The van der Waals surface area contributed by atoms with Crippen molar-refractivity contribution < 1.29 is 0 Å². The number of thioether (sulfide) groups is 1. The summed E-state index contributed by atoms with van der Waals surface area (Å²) in [6, 6.07) is 12.3. The molecular weight excluding hydrogens is 304 g/mol. The van der Waals surface area contributed by atoms with E-state index in [9.17, 15) is 0 Å². The van der Waals surface area contributed by atoms with E-state index in [1.807, 2.05) is 24.4 Å². The predicted octanol–water partition coefficient (Wildman–Crippen LogP) is 4.13. The summed E-state index contributed by atoms with van der Waals surface area (Å²) in [5, 5.41) is 9.64. The SMILES string of the molecule is C=CCn1c(SCc2cccnc2)nnc1-c1cccc(C)c1. The molecule has 2 heterocycles. The standard InChI is InChI=1S/C18H18N4S/c1-3-10-22-17(16-8-4-6-14(2)11-16)20-21-18(22)23-13-15-7-5-9-19-12-15/h3-9,11-12H,1,10,13H2,2H3. The molecule has 3 aromatic rings. The van der Waals surface area contributed by atoms with Crippen molar-refractivity contribution in [3.8, 4) is 11.4 Å². The molecule has 0 N–H and O–H groups in total. The van der Waals surface area contributed by atoms with Crippen LogP contribution in [0.15, 0.2) is 66.6 Å². The highest BCUT2D eigenvalue weighted by Crippen LogP contribution is 2.26. The maximum Gasteiger partial charge on any atom is 0.192 e. The van der Waals surface area contributed by atoms with Crippen LogP contribution in [0, 0.1) is 6.92 Å². The number of aryl methyl sites for hydroxylation is 1. The van der Waals surface area contributed by atoms with Crippen molar-refractivity contribution in [2.24, 2.45) is 0 Å². The van der Waals surface area contributed by atoms with Crippen LogP contribution in [0.4, 0.5) is 0 Å². The summed E-state index contributed by atoms with van der Waals surface area (Å²) in [6.07, 6.45) is 5.53. The van der Waals surface area contributed by atoms with Gasteiger partial charge in [-0.15, -0.1) is 16.8 Å². The van der Waals surface area contributed by atoms with Crippen molar-refractivity contribution in [3.05, 3.63) is 72.6 Å². The van der Waals surface area contributed by atoms with Gasteiger partial charge >= 0.3 is 0 Å². The number of allylic oxidation sites excluding steroid dienone is 1. The number of hydrogen-bond acceptors (Lipinski definition) is 4. The van der Waals surface area contributed by atoms with Crippen molar-refractivity contribution in [2.45, 2.75) is 24.4 Å². The van der Waals surface area contributed by atoms with Gasteiger partial charge in [0.1, 0.15) is 0 Å². The monoisotopic (exact) mass is 322 g/mol. The van der Waals surface area contributed by atoms with Gasteiger partial charge in [0, 0.05) is 30.3 Å². The molecule has 0 spiro atoms. The molecule has 3 rings (SSSR count). The molecule has 0 radical (unpaired) electrons. The van der Waals surface area contributed by atoms with Gasteiger partial charge in [-0.3, -0.25) is 9.55 Å². The van der Waals surface area contributed by atoms with Gasteiger partial charge in [-0.2, -0.15) is 0 Å². The maximum absolute atomic E-state index is 4.39. The van der Waals surface area contributed by atoms with E-state index in [-0.39, 0.29) is 0 Å². The van der Waals surface area contributed by atoms with E-state index < -0.39 is 0 Å². The van der Waals surface area contributed by atoms with Crippen molar-refractivity contribution >= 4 is 11.8 Å². The van der Waals surface area contributed by atoms with Gasteiger partial charge in [0.2, 0.25) is 0 Å². The van der Waals surface area contributed by atoms with Gasteiger partial charge in [0.05, 0.1) is 0 Å². The highest BCUT2D eigenvalue weighted by Gasteiger charge is 2.13. The zero-order valence-electron chi connectivity index (χ0n) is 13.0. The first-order valence-electron chi connectivity index (χ1n) is 7.41. The van der Waals surface area contributed by atoms with Gasteiger partial charge in [0.25, 0.3) is 0 Å². The molecule has 0 fully saturated rings. The smallest absolute Gasteiger partial charge is 0.192 e. The first-order chi connectivity index (χ1) is 11.3. The molecule has 0 aliphatic rings. The zero-order chi connectivity index (χ0) is 16.1. The minimum Gasteiger partial charge on any atom is -0.298 e. The Hall–Kier alpha value is -2.40. The number of nitrogens with zero attached hydrogens (tertiary/aromatic N) is 4.